The summed E-state index contributed by atoms with van der Waals surface area (Å²) < 4.78 is 7.41. The fourth-order valence-electron chi connectivity index (χ4n) is 1.21. The minimum atomic E-state index is -0.00935. The zero-order valence-electron chi connectivity index (χ0n) is 8.90. The number of hydrogen-bond acceptors (Lipinski definition) is 4. The van der Waals surface area contributed by atoms with Crippen LogP contribution in [0, 0.1) is 0 Å². The van der Waals surface area contributed by atoms with Gasteiger partial charge in [0.2, 0.25) is 0 Å². The lowest BCUT2D eigenvalue weighted by molar-refractivity contribution is 0.0598. The Morgan fingerprint density at radius 3 is 2.79 bits per heavy atom. The van der Waals surface area contributed by atoms with Crippen LogP contribution in [-0.2, 0) is 11.8 Å². The fraction of sp³-hybridized carbons (Fsp3) is 0.667. The highest BCUT2D eigenvalue weighted by Gasteiger charge is 2.13. The van der Waals surface area contributed by atoms with E-state index in [-0.39, 0.29) is 12.1 Å². The molecule has 3 N–H and O–H groups in total. The topological polar surface area (TPSA) is 65.1 Å². The van der Waals surface area contributed by atoms with Crippen LogP contribution >= 0.6 is 0 Å². The van der Waals surface area contributed by atoms with Crippen LogP contribution in [0.5, 0.6) is 0 Å². The van der Waals surface area contributed by atoms with Gasteiger partial charge in [0.05, 0.1) is 30.8 Å². The number of nitrogens with zero attached hydrogens (tertiary/aromatic N) is 2. The molecule has 1 rings (SSSR count). The van der Waals surface area contributed by atoms with Gasteiger partial charge in [0.25, 0.3) is 0 Å². The smallest absolute Gasteiger partial charge is 0.0946 e. The average Bonchev–Trinajstić information content (AvgIpc) is 2.53. The molecule has 0 aliphatic rings. The second kappa shape index (κ2) is 5.09. The summed E-state index contributed by atoms with van der Waals surface area (Å²) in [6.45, 7) is 4.54. The van der Waals surface area contributed by atoms with Gasteiger partial charge in [-0.3, -0.25) is 5.84 Å². The first-order chi connectivity index (χ1) is 6.65. The molecule has 5 nitrogen and oxygen atoms in total. The normalized spacial score (nSPS) is 13.5. The van der Waals surface area contributed by atoms with Crippen LogP contribution < -0.4 is 11.3 Å². The Kier molecular flexibility index (Phi) is 4.06. The summed E-state index contributed by atoms with van der Waals surface area (Å²) in [7, 11) is 1.93. The molecule has 1 atom stereocenters. The summed E-state index contributed by atoms with van der Waals surface area (Å²) in [6.07, 6.45) is 3.74. The van der Waals surface area contributed by atoms with Gasteiger partial charge in [-0.1, -0.05) is 0 Å². The number of ether oxygens (including phenoxy) is 1. The number of aryl methyl sites for hydroxylation is 1. The minimum absolute atomic E-state index is 0.00935. The molecule has 0 radical (unpaired) electrons. The Hall–Kier alpha value is -0.910. The van der Waals surface area contributed by atoms with Crippen molar-refractivity contribution < 1.29 is 4.74 Å². The molecule has 1 aromatic rings. The molecule has 1 aromatic heterocycles. The zero-order chi connectivity index (χ0) is 10.6. The molecule has 1 unspecified atom stereocenters. The molecule has 0 bridgehead atoms. The zero-order valence-corrected chi connectivity index (χ0v) is 8.90. The molecule has 5 heteroatoms. The molecule has 0 fully saturated rings. The van der Waals surface area contributed by atoms with Crippen molar-refractivity contribution in [3.8, 4) is 0 Å². The Balaban J connectivity index is 2.58. The van der Waals surface area contributed by atoms with E-state index in [1.54, 1.807) is 12.5 Å². The molecular weight excluding hydrogens is 180 g/mol. The van der Waals surface area contributed by atoms with Gasteiger partial charge in [0, 0.05) is 13.2 Å². The van der Waals surface area contributed by atoms with Gasteiger partial charge in [-0.15, -0.1) is 0 Å². The average molecular weight is 198 g/mol. The van der Waals surface area contributed by atoms with Crippen molar-refractivity contribution in [2.24, 2.45) is 12.9 Å². The van der Waals surface area contributed by atoms with Crippen LogP contribution in [-0.4, -0.2) is 22.3 Å². The second-order valence-electron chi connectivity index (χ2n) is 3.53. The Labute approximate surface area is 84.2 Å². The standard InChI is InChI=1S/C9H18N4O/c1-7(2)14-5-8(12-10)9-4-11-6-13(9)3/h4,6-8,12H,5,10H2,1-3H3. The predicted molar refractivity (Wildman–Crippen MR) is 54.4 cm³/mol. The molecule has 0 aliphatic carbocycles. The number of imidazole rings is 1. The first-order valence-electron chi connectivity index (χ1n) is 4.69. The predicted octanol–water partition coefficient (Wildman–Crippen LogP) is 0.349. The van der Waals surface area contributed by atoms with Gasteiger partial charge < -0.3 is 9.30 Å². The van der Waals surface area contributed by atoms with Gasteiger partial charge in [-0.25, -0.2) is 10.4 Å². The summed E-state index contributed by atoms with van der Waals surface area (Å²) in [5.74, 6) is 5.45. The lowest BCUT2D eigenvalue weighted by Crippen LogP contribution is -2.33. The van der Waals surface area contributed by atoms with Crippen molar-refractivity contribution in [2.75, 3.05) is 6.61 Å². The van der Waals surface area contributed by atoms with Crippen LogP contribution in [0.15, 0.2) is 12.5 Å². The molecule has 0 aliphatic heterocycles. The van der Waals surface area contributed by atoms with Crippen LogP contribution in [0.1, 0.15) is 25.6 Å². The highest BCUT2D eigenvalue weighted by Crippen LogP contribution is 2.11. The molecule has 0 saturated carbocycles. The molecule has 1 heterocycles. The van der Waals surface area contributed by atoms with E-state index in [1.165, 1.54) is 0 Å². The molecule has 14 heavy (non-hydrogen) atoms. The van der Waals surface area contributed by atoms with E-state index in [9.17, 15) is 0 Å². The van der Waals surface area contributed by atoms with Gasteiger partial charge in [-0.2, -0.15) is 0 Å². The van der Waals surface area contributed by atoms with Crippen molar-refractivity contribution in [1.82, 2.24) is 15.0 Å². The second-order valence-corrected chi connectivity index (χ2v) is 3.53. The van der Waals surface area contributed by atoms with Crippen molar-refractivity contribution in [1.29, 1.82) is 0 Å². The van der Waals surface area contributed by atoms with E-state index in [0.717, 1.165) is 5.69 Å². The number of rotatable bonds is 5. The SMILES string of the molecule is CC(C)OCC(NN)c1cncn1C. The third kappa shape index (κ3) is 2.80. The van der Waals surface area contributed by atoms with Crippen LogP contribution in [0.4, 0.5) is 0 Å². The van der Waals surface area contributed by atoms with Gasteiger partial charge in [-0.05, 0) is 13.8 Å². The van der Waals surface area contributed by atoms with Crippen molar-refractivity contribution in [3.63, 3.8) is 0 Å². The Bertz CT molecular complexity index is 272. The highest BCUT2D eigenvalue weighted by atomic mass is 16.5. The fourth-order valence-corrected chi connectivity index (χ4v) is 1.21. The number of aromatic nitrogens is 2. The van der Waals surface area contributed by atoms with Crippen molar-refractivity contribution >= 4 is 0 Å². The van der Waals surface area contributed by atoms with E-state index in [0.29, 0.717) is 6.61 Å². The maximum Gasteiger partial charge on any atom is 0.0946 e. The first-order valence-corrected chi connectivity index (χ1v) is 4.69. The molecule has 0 amide bonds. The highest BCUT2D eigenvalue weighted by molar-refractivity contribution is 5.04. The number of nitrogens with one attached hydrogen (secondary N) is 1. The molecule has 80 valence electrons. The van der Waals surface area contributed by atoms with Gasteiger partial charge in [0.1, 0.15) is 0 Å². The summed E-state index contributed by atoms with van der Waals surface area (Å²) in [5, 5.41) is 0. The van der Waals surface area contributed by atoms with E-state index >= 15 is 0 Å². The van der Waals surface area contributed by atoms with E-state index in [2.05, 4.69) is 10.4 Å². The van der Waals surface area contributed by atoms with Gasteiger partial charge >= 0.3 is 0 Å². The molecule has 0 saturated heterocycles. The Morgan fingerprint density at radius 1 is 1.64 bits per heavy atom. The summed E-state index contributed by atoms with van der Waals surface area (Å²) in [5.41, 5.74) is 3.74. The molecule has 0 spiro atoms. The number of hydrogen-bond donors (Lipinski definition) is 2. The monoisotopic (exact) mass is 198 g/mol. The third-order valence-electron chi connectivity index (χ3n) is 2.01. The van der Waals surface area contributed by atoms with Crippen LogP contribution in [0.3, 0.4) is 0 Å². The van der Waals surface area contributed by atoms with E-state index in [1.807, 2.05) is 25.5 Å². The van der Waals surface area contributed by atoms with Crippen molar-refractivity contribution in [3.05, 3.63) is 18.2 Å². The molecular formula is C9H18N4O. The summed E-state index contributed by atoms with van der Waals surface area (Å²) in [4.78, 5) is 4.03. The summed E-state index contributed by atoms with van der Waals surface area (Å²) >= 11 is 0. The van der Waals surface area contributed by atoms with Crippen LogP contribution in [0.2, 0.25) is 0 Å². The lowest BCUT2D eigenvalue weighted by Gasteiger charge is -2.17. The molecule has 0 aromatic carbocycles. The third-order valence-corrected chi connectivity index (χ3v) is 2.01. The number of nitrogens with two attached hydrogens (primary N) is 1. The number of hydrazine groups is 1. The van der Waals surface area contributed by atoms with Gasteiger partial charge in [0.15, 0.2) is 0 Å². The minimum Gasteiger partial charge on any atom is -0.377 e. The summed E-state index contributed by atoms with van der Waals surface area (Å²) in [6, 6.07) is -0.00935. The van der Waals surface area contributed by atoms with E-state index in [4.69, 9.17) is 10.6 Å². The maximum atomic E-state index is 5.49. The lowest BCUT2D eigenvalue weighted by atomic mass is 10.2. The first kappa shape index (κ1) is 11.2. The largest absolute Gasteiger partial charge is 0.377 e. The van der Waals surface area contributed by atoms with E-state index < -0.39 is 0 Å². The van der Waals surface area contributed by atoms with Crippen molar-refractivity contribution in [2.45, 2.75) is 26.0 Å². The Morgan fingerprint density at radius 2 is 2.36 bits per heavy atom. The quantitative estimate of drug-likeness (QED) is 0.529. The van der Waals surface area contributed by atoms with Crippen LogP contribution in [0.25, 0.3) is 0 Å². The maximum absolute atomic E-state index is 5.49.